The zero-order valence-electron chi connectivity index (χ0n) is 11.0. The number of guanidine groups is 1. The van der Waals surface area contributed by atoms with Gasteiger partial charge < -0.3 is 10.2 Å². The predicted octanol–water partition coefficient (Wildman–Crippen LogP) is 2.35. The topological polar surface area (TPSA) is 27.6 Å². The Morgan fingerprint density at radius 2 is 2.06 bits per heavy atom. The number of nitrogens with one attached hydrogen (secondary N) is 1. The van der Waals surface area contributed by atoms with Gasteiger partial charge in [-0.1, -0.05) is 24.3 Å². The van der Waals surface area contributed by atoms with E-state index < -0.39 is 0 Å². The lowest BCUT2D eigenvalue weighted by molar-refractivity contribution is 0.446. The minimum Gasteiger partial charge on any atom is -0.352 e. The summed E-state index contributed by atoms with van der Waals surface area (Å²) in [4.78, 5) is 6.71. The average Bonchev–Trinajstić information content (AvgIpc) is 3.23. The normalized spacial score (nSPS) is 19.6. The minimum absolute atomic E-state index is 0.848. The van der Waals surface area contributed by atoms with E-state index in [4.69, 9.17) is 0 Å². The van der Waals surface area contributed by atoms with Crippen molar-refractivity contribution >= 4 is 5.96 Å². The molecule has 1 fully saturated rings. The van der Waals surface area contributed by atoms with Crippen molar-refractivity contribution in [3.8, 4) is 0 Å². The van der Waals surface area contributed by atoms with E-state index in [1.165, 1.54) is 24.0 Å². The first-order valence-electron chi connectivity index (χ1n) is 6.91. The van der Waals surface area contributed by atoms with Gasteiger partial charge in [0.25, 0.3) is 0 Å². The summed E-state index contributed by atoms with van der Waals surface area (Å²) in [6.07, 6.45) is 3.91. The number of hydrogen-bond acceptors (Lipinski definition) is 3. The van der Waals surface area contributed by atoms with E-state index >= 15 is 0 Å². The third-order valence-electron chi connectivity index (χ3n) is 3.75. The van der Waals surface area contributed by atoms with E-state index in [-0.39, 0.29) is 0 Å². The molecule has 1 heterocycles. The molecular formula is C15H21N3. The maximum Gasteiger partial charge on any atom is 0.193 e. The van der Waals surface area contributed by atoms with Crippen LogP contribution in [-0.2, 0) is 6.54 Å². The second-order valence-electron chi connectivity index (χ2n) is 5.35. The minimum atomic E-state index is 0.848. The Morgan fingerprint density at radius 3 is 2.72 bits per heavy atom. The highest BCUT2D eigenvalue weighted by Gasteiger charge is 2.22. The van der Waals surface area contributed by atoms with Crippen molar-refractivity contribution in [2.24, 2.45) is 4.99 Å². The van der Waals surface area contributed by atoms with Crippen molar-refractivity contribution in [2.75, 3.05) is 20.1 Å². The SMILES string of the molecule is CN1CCCN=C1NCc1ccc(C2CC2)cc1. The van der Waals surface area contributed by atoms with Crippen LogP contribution < -0.4 is 5.32 Å². The quantitative estimate of drug-likeness (QED) is 0.882. The van der Waals surface area contributed by atoms with Crippen LogP contribution in [0.15, 0.2) is 29.3 Å². The lowest BCUT2D eigenvalue weighted by Crippen LogP contribution is -2.41. The van der Waals surface area contributed by atoms with Gasteiger partial charge in [-0.25, -0.2) is 0 Å². The highest BCUT2D eigenvalue weighted by atomic mass is 15.3. The van der Waals surface area contributed by atoms with Crippen LogP contribution >= 0.6 is 0 Å². The highest BCUT2D eigenvalue weighted by Crippen LogP contribution is 2.39. The standard InChI is InChI=1S/C15H21N3/c1-18-10-2-9-16-15(18)17-11-12-3-5-13(6-4-12)14-7-8-14/h3-6,14H,2,7-11H2,1H3,(H,16,17). The second-order valence-corrected chi connectivity index (χ2v) is 5.35. The maximum atomic E-state index is 4.51. The van der Waals surface area contributed by atoms with E-state index in [0.29, 0.717) is 0 Å². The molecule has 3 rings (SSSR count). The smallest absolute Gasteiger partial charge is 0.193 e. The zero-order valence-corrected chi connectivity index (χ0v) is 11.0. The fourth-order valence-electron chi connectivity index (χ4n) is 2.42. The third-order valence-corrected chi connectivity index (χ3v) is 3.75. The molecule has 1 aromatic rings. The summed E-state index contributed by atoms with van der Waals surface area (Å²) >= 11 is 0. The van der Waals surface area contributed by atoms with Crippen molar-refractivity contribution < 1.29 is 0 Å². The number of hydrogen-bond donors (Lipinski definition) is 1. The lowest BCUT2D eigenvalue weighted by atomic mass is 10.1. The third kappa shape index (κ3) is 2.66. The molecule has 3 nitrogen and oxygen atoms in total. The Balaban J connectivity index is 1.57. The molecule has 0 bridgehead atoms. The first-order chi connectivity index (χ1) is 8.83. The van der Waals surface area contributed by atoms with Gasteiger partial charge in [0.15, 0.2) is 5.96 Å². The first-order valence-corrected chi connectivity index (χ1v) is 6.91. The van der Waals surface area contributed by atoms with E-state index in [1.807, 2.05) is 0 Å². The molecule has 0 atom stereocenters. The van der Waals surface area contributed by atoms with Gasteiger partial charge in [0.2, 0.25) is 0 Å². The van der Waals surface area contributed by atoms with Gasteiger partial charge >= 0.3 is 0 Å². The largest absolute Gasteiger partial charge is 0.352 e. The molecule has 0 unspecified atom stereocenters. The summed E-state index contributed by atoms with van der Waals surface area (Å²) in [6, 6.07) is 9.04. The molecule has 1 saturated carbocycles. The van der Waals surface area contributed by atoms with Gasteiger partial charge in [0.1, 0.15) is 0 Å². The average molecular weight is 243 g/mol. The van der Waals surface area contributed by atoms with Crippen molar-refractivity contribution in [3.63, 3.8) is 0 Å². The van der Waals surface area contributed by atoms with Gasteiger partial charge in [-0.15, -0.1) is 0 Å². The molecule has 96 valence electrons. The van der Waals surface area contributed by atoms with Crippen LogP contribution in [0.1, 0.15) is 36.3 Å². The van der Waals surface area contributed by atoms with Crippen LogP contribution in [-0.4, -0.2) is 31.0 Å². The molecule has 0 aromatic heterocycles. The van der Waals surface area contributed by atoms with Gasteiger partial charge in [0.05, 0.1) is 0 Å². The summed E-state index contributed by atoms with van der Waals surface area (Å²) in [5.41, 5.74) is 2.84. The van der Waals surface area contributed by atoms with Crippen LogP contribution in [0.5, 0.6) is 0 Å². The van der Waals surface area contributed by atoms with Gasteiger partial charge in [-0.2, -0.15) is 0 Å². The fraction of sp³-hybridized carbons (Fsp3) is 0.533. The second kappa shape index (κ2) is 5.01. The fourth-order valence-corrected chi connectivity index (χ4v) is 2.42. The molecule has 2 aliphatic rings. The zero-order chi connectivity index (χ0) is 12.4. The van der Waals surface area contributed by atoms with Crippen molar-refractivity contribution in [2.45, 2.75) is 31.7 Å². The van der Waals surface area contributed by atoms with Crippen molar-refractivity contribution in [1.29, 1.82) is 0 Å². The first kappa shape index (κ1) is 11.6. The number of aliphatic imine (C=N–C) groups is 1. The Morgan fingerprint density at radius 1 is 1.28 bits per heavy atom. The molecule has 1 N–H and O–H groups in total. The van der Waals surface area contributed by atoms with Crippen LogP contribution in [0.25, 0.3) is 0 Å². The summed E-state index contributed by atoms with van der Waals surface area (Å²) in [6.45, 7) is 2.92. The van der Waals surface area contributed by atoms with Gasteiger partial charge in [-0.05, 0) is 36.3 Å². The molecule has 0 saturated heterocycles. The molecule has 0 spiro atoms. The molecule has 1 aliphatic carbocycles. The molecule has 1 aromatic carbocycles. The van der Waals surface area contributed by atoms with Crippen molar-refractivity contribution in [1.82, 2.24) is 10.2 Å². The molecule has 0 radical (unpaired) electrons. The van der Waals surface area contributed by atoms with Crippen LogP contribution in [0.3, 0.4) is 0 Å². The van der Waals surface area contributed by atoms with Crippen LogP contribution in [0.4, 0.5) is 0 Å². The lowest BCUT2D eigenvalue weighted by Gasteiger charge is -2.25. The summed E-state index contributed by atoms with van der Waals surface area (Å²) in [7, 11) is 2.10. The number of benzene rings is 1. The Kier molecular flexibility index (Phi) is 3.22. The van der Waals surface area contributed by atoms with Gasteiger partial charge in [-0.3, -0.25) is 4.99 Å². The van der Waals surface area contributed by atoms with Crippen molar-refractivity contribution in [3.05, 3.63) is 35.4 Å². The molecule has 1 aliphatic heterocycles. The Bertz CT molecular complexity index is 432. The summed E-state index contributed by atoms with van der Waals surface area (Å²) in [5.74, 6) is 1.88. The molecular weight excluding hydrogens is 222 g/mol. The Labute approximate surface area is 109 Å². The Hall–Kier alpha value is -1.51. The maximum absolute atomic E-state index is 4.51. The van der Waals surface area contributed by atoms with E-state index in [9.17, 15) is 0 Å². The predicted molar refractivity (Wildman–Crippen MR) is 74.8 cm³/mol. The molecule has 3 heteroatoms. The van der Waals surface area contributed by atoms with Crippen LogP contribution in [0.2, 0.25) is 0 Å². The summed E-state index contributed by atoms with van der Waals surface area (Å²) in [5, 5.41) is 3.43. The number of nitrogens with zero attached hydrogens (tertiary/aromatic N) is 2. The van der Waals surface area contributed by atoms with E-state index in [0.717, 1.165) is 37.9 Å². The summed E-state index contributed by atoms with van der Waals surface area (Å²) < 4.78 is 0. The van der Waals surface area contributed by atoms with E-state index in [2.05, 4.69) is 46.5 Å². The van der Waals surface area contributed by atoms with E-state index in [1.54, 1.807) is 0 Å². The molecule has 0 amide bonds. The number of rotatable bonds is 3. The molecule has 18 heavy (non-hydrogen) atoms. The van der Waals surface area contributed by atoms with Crippen LogP contribution in [0, 0.1) is 0 Å². The van der Waals surface area contributed by atoms with Gasteiger partial charge in [0, 0.05) is 26.7 Å². The monoisotopic (exact) mass is 243 g/mol. The highest BCUT2D eigenvalue weighted by molar-refractivity contribution is 5.80.